The van der Waals surface area contributed by atoms with Gasteiger partial charge in [-0.2, -0.15) is 4.98 Å². The molecule has 0 saturated carbocycles. The fourth-order valence-corrected chi connectivity index (χ4v) is 4.43. The highest BCUT2D eigenvalue weighted by atomic mass is 16.6. The Morgan fingerprint density at radius 1 is 0.951 bits per heavy atom. The van der Waals surface area contributed by atoms with Crippen LogP contribution in [0.1, 0.15) is 55.6 Å². The van der Waals surface area contributed by atoms with Crippen LogP contribution in [0.15, 0.2) is 105 Å². The monoisotopic (exact) mass is 556 g/mol. The lowest BCUT2D eigenvalue weighted by molar-refractivity contribution is -0.136. The molecule has 9 nitrogen and oxygen atoms in total. The van der Waals surface area contributed by atoms with E-state index in [9.17, 15) is 14.7 Å². The van der Waals surface area contributed by atoms with Crippen LogP contribution < -0.4 is 5.69 Å². The number of carbonyl (C=O) groups excluding carboxylic acids is 1. The number of allylic oxidation sites excluding steroid dienone is 1. The van der Waals surface area contributed by atoms with Crippen molar-refractivity contribution in [3.05, 3.63) is 124 Å². The zero-order chi connectivity index (χ0) is 28.6. The number of fused-ring (bicyclic) bond motifs is 1. The van der Waals surface area contributed by atoms with E-state index in [4.69, 9.17) is 18.6 Å². The third kappa shape index (κ3) is 6.93. The van der Waals surface area contributed by atoms with E-state index in [2.05, 4.69) is 11.9 Å². The lowest BCUT2D eigenvalue weighted by atomic mass is 10.1. The molecule has 2 aromatic carbocycles. The van der Waals surface area contributed by atoms with Crippen molar-refractivity contribution in [2.24, 2.45) is 0 Å². The first-order valence-corrected chi connectivity index (χ1v) is 13.7. The normalized spacial score (nSPS) is 15.0. The quantitative estimate of drug-likeness (QED) is 0.165. The summed E-state index contributed by atoms with van der Waals surface area (Å²) >= 11 is 0. The van der Waals surface area contributed by atoms with Crippen molar-refractivity contribution in [3.8, 4) is 0 Å². The molecule has 3 heterocycles. The number of unbranched alkanes of at least 4 members (excludes halogenated alkanes) is 2. The topological polar surface area (TPSA) is 113 Å². The molecule has 0 aliphatic carbocycles. The molecule has 1 unspecified atom stereocenters. The highest BCUT2D eigenvalue weighted by Crippen LogP contribution is 2.30. The van der Waals surface area contributed by atoms with Gasteiger partial charge < -0.3 is 23.7 Å². The number of ether oxygens (including phenoxy) is 3. The van der Waals surface area contributed by atoms with E-state index in [1.54, 1.807) is 18.3 Å². The highest BCUT2D eigenvalue weighted by Gasteiger charge is 2.34. The molecule has 0 fully saturated rings. The average molecular weight is 557 g/mol. The van der Waals surface area contributed by atoms with Gasteiger partial charge in [0.2, 0.25) is 11.5 Å². The van der Waals surface area contributed by atoms with E-state index in [0.717, 1.165) is 30.4 Å². The van der Waals surface area contributed by atoms with Gasteiger partial charge in [-0.3, -0.25) is 4.57 Å². The maximum atomic E-state index is 12.8. The van der Waals surface area contributed by atoms with Crippen molar-refractivity contribution in [2.45, 2.75) is 58.5 Å². The molecule has 4 aromatic rings. The molecule has 0 amide bonds. The number of aliphatic hydroxyl groups excluding tert-OH is 1. The van der Waals surface area contributed by atoms with Crippen molar-refractivity contribution in [1.82, 2.24) is 9.55 Å². The highest BCUT2D eigenvalue weighted by molar-refractivity contribution is 5.91. The third-order valence-corrected chi connectivity index (χ3v) is 6.65. The van der Waals surface area contributed by atoms with Crippen molar-refractivity contribution in [1.29, 1.82) is 0 Å². The maximum Gasteiger partial charge on any atom is 0.383 e. The van der Waals surface area contributed by atoms with Crippen LogP contribution in [0.25, 0.3) is 11.1 Å². The van der Waals surface area contributed by atoms with Crippen LogP contribution in [0.2, 0.25) is 0 Å². The molecule has 2 aromatic heterocycles. The molecule has 9 heteroatoms. The standard InChI is InChI=1S/C32H32N2O7/c1-2-3-6-15-25(35)27-18-24-19-34(32(37)33-30(24)40-27)17-16-26-28(38-20-22-11-7-4-8-12-22)29(31(36)41-26)39-21-23-13-9-5-10-14-23/h4-5,7-14,16,18-19,25,35H,2-3,6,15,17,20-21H2,1H3/b26-16-. The first-order valence-electron chi connectivity index (χ1n) is 13.7. The first kappa shape index (κ1) is 27.9. The van der Waals surface area contributed by atoms with Crippen molar-refractivity contribution in [2.75, 3.05) is 0 Å². The van der Waals surface area contributed by atoms with Crippen LogP contribution >= 0.6 is 0 Å². The third-order valence-electron chi connectivity index (χ3n) is 6.65. The predicted octanol–water partition coefficient (Wildman–Crippen LogP) is 5.69. The number of cyclic esters (lactones) is 1. The number of furan rings is 1. The zero-order valence-electron chi connectivity index (χ0n) is 22.8. The summed E-state index contributed by atoms with van der Waals surface area (Å²) in [7, 11) is 0. The van der Waals surface area contributed by atoms with Gasteiger partial charge in [-0.15, -0.1) is 0 Å². The molecule has 0 radical (unpaired) electrons. The summed E-state index contributed by atoms with van der Waals surface area (Å²) in [6, 6.07) is 20.7. The Morgan fingerprint density at radius 3 is 2.27 bits per heavy atom. The van der Waals surface area contributed by atoms with Crippen LogP contribution in [-0.4, -0.2) is 20.6 Å². The summed E-state index contributed by atoms with van der Waals surface area (Å²) < 4.78 is 24.4. The van der Waals surface area contributed by atoms with Crippen LogP contribution in [0.5, 0.6) is 0 Å². The number of hydrogen-bond donors (Lipinski definition) is 1. The Balaban J connectivity index is 1.37. The molecule has 1 N–H and O–H groups in total. The van der Waals surface area contributed by atoms with E-state index >= 15 is 0 Å². The van der Waals surface area contributed by atoms with E-state index in [1.165, 1.54) is 4.57 Å². The van der Waals surface area contributed by atoms with Crippen LogP contribution in [0, 0.1) is 0 Å². The van der Waals surface area contributed by atoms with Crippen molar-refractivity contribution >= 4 is 17.1 Å². The van der Waals surface area contributed by atoms with Gasteiger partial charge in [-0.1, -0.05) is 86.8 Å². The summed E-state index contributed by atoms with van der Waals surface area (Å²) in [6.45, 7) is 2.49. The molecule has 1 aliphatic heterocycles. The predicted molar refractivity (Wildman–Crippen MR) is 151 cm³/mol. The number of esters is 1. The SMILES string of the molecule is CCCCCC(O)c1cc2cn(C/C=C3\OC(=O)C(OCc4ccccc4)=C3OCc3ccccc3)c(=O)nc2o1. The number of rotatable bonds is 13. The second kappa shape index (κ2) is 13.1. The molecule has 41 heavy (non-hydrogen) atoms. The minimum Gasteiger partial charge on any atom is -0.481 e. The Hall–Kier alpha value is -4.63. The van der Waals surface area contributed by atoms with Crippen molar-refractivity contribution in [3.63, 3.8) is 0 Å². The molecular weight excluding hydrogens is 524 g/mol. The molecule has 212 valence electrons. The van der Waals surface area contributed by atoms with Gasteiger partial charge in [0.05, 0.1) is 5.39 Å². The zero-order valence-corrected chi connectivity index (χ0v) is 22.8. The van der Waals surface area contributed by atoms with E-state index in [0.29, 0.717) is 17.6 Å². The number of aliphatic hydroxyl groups is 1. The number of nitrogens with zero attached hydrogens (tertiary/aromatic N) is 2. The van der Waals surface area contributed by atoms with Crippen LogP contribution in [0.4, 0.5) is 0 Å². The lowest BCUT2D eigenvalue weighted by Crippen LogP contribution is -2.21. The fourth-order valence-electron chi connectivity index (χ4n) is 4.43. The summed E-state index contributed by atoms with van der Waals surface area (Å²) in [4.78, 5) is 29.6. The Morgan fingerprint density at radius 2 is 1.61 bits per heavy atom. The number of aromatic nitrogens is 2. The second-order valence-electron chi connectivity index (χ2n) is 9.76. The Kier molecular flexibility index (Phi) is 8.95. The van der Waals surface area contributed by atoms with Gasteiger partial charge in [0.1, 0.15) is 25.1 Å². The molecule has 0 bridgehead atoms. The molecule has 5 rings (SSSR count). The number of hydrogen-bond acceptors (Lipinski definition) is 8. The summed E-state index contributed by atoms with van der Waals surface area (Å²) in [5, 5.41) is 11.0. The number of carbonyl (C=O) groups is 1. The molecule has 1 atom stereocenters. The van der Waals surface area contributed by atoms with Crippen molar-refractivity contribution < 1.29 is 28.5 Å². The summed E-state index contributed by atoms with van der Waals surface area (Å²) in [6.07, 6.45) is 5.93. The Labute approximate surface area is 237 Å². The molecular formula is C32H32N2O7. The van der Waals surface area contributed by atoms with E-state index in [1.807, 2.05) is 60.7 Å². The lowest BCUT2D eigenvalue weighted by Gasteiger charge is -2.10. The molecule has 0 saturated heterocycles. The maximum absolute atomic E-state index is 12.8. The van der Waals surface area contributed by atoms with Gasteiger partial charge >= 0.3 is 11.7 Å². The smallest absolute Gasteiger partial charge is 0.383 e. The van der Waals surface area contributed by atoms with Gasteiger partial charge in [0.25, 0.3) is 5.76 Å². The van der Waals surface area contributed by atoms with Crippen LogP contribution in [-0.2, 0) is 38.8 Å². The number of benzene rings is 2. The summed E-state index contributed by atoms with van der Waals surface area (Å²) in [5.41, 5.74) is 1.41. The van der Waals surface area contributed by atoms with E-state index in [-0.39, 0.29) is 42.7 Å². The fraction of sp³-hybridized carbons (Fsp3) is 0.281. The van der Waals surface area contributed by atoms with Gasteiger partial charge in [-0.25, -0.2) is 9.59 Å². The van der Waals surface area contributed by atoms with Gasteiger partial charge in [0.15, 0.2) is 5.76 Å². The second-order valence-corrected chi connectivity index (χ2v) is 9.76. The Bertz CT molecular complexity index is 1600. The largest absolute Gasteiger partial charge is 0.481 e. The molecule has 0 spiro atoms. The average Bonchev–Trinajstić information content (AvgIpc) is 3.54. The minimum absolute atomic E-state index is 0.0338. The van der Waals surface area contributed by atoms with E-state index < -0.39 is 17.8 Å². The van der Waals surface area contributed by atoms with Crippen LogP contribution in [0.3, 0.4) is 0 Å². The minimum atomic E-state index is -0.761. The van der Waals surface area contributed by atoms with Gasteiger partial charge in [-0.05, 0) is 29.7 Å². The summed E-state index contributed by atoms with van der Waals surface area (Å²) in [5.74, 6) is -0.0114. The first-order chi connectivity index (χ1) is 20.0. The van der Waals surface area contributed by atoms with Gasteiger partial charge in [0, 0.05) is 12.7 Å². The molecule has 1 aliphatic rings.